The normalized spacial score (nSPS) is 14.2. The lowest BCUT2D eigenvalue weighted by Crippen LogP contribution is -2.29. The van der Waals surface area contributed by atoms with E-state index in [2.05, 4.69) is 87.6 Å². The van der Waals surface area contributed by atoms with Crippen LogP contribution in [0, 0.1) is 12.8 Å². The molecule has 0 saturated carbocycles. The van der Waals surface area contributed by atoms with Gasteiger partial charge < -0.3 is 5.32 Å². The van der Waals surface area contributed by atoms with Gasteiger partial charge in [0.1, 0.15) is 0 Å². The molecule has 0 aliphatic heterocycles. The summed E-state index contributed by atoms with van der Waals surface area (Å²) >= 11 is 0. The van der Waals surface area contributed by atoms with Gasteiger partial charge in [-0.1, -0.05) is 68.4 Å². The number of hydrogen-bond donors (Lipinski definition) is 1. The third-order valence-electron chi connectivity index (χ3n) is 3.92. The van der Waals surface area contributed by atoms with E-state index in [1.807, 2.05) is 0 Å². The van der Waals surface area contributed by atoms with Crippen LogP contribution in [0.4, 0.5) is 0 Å². The van der Waals surface area contributed by atoms with Crippen molar-refractivity contribution in [3.8, 4) is 0 Å². The van der Waals surface area contributed by atoms with Crippen LogP contribution in [-0.2, 0) is 0 Å². The molecule has 2 rings (SSSR count). The first-order valence-electron chi connectivity index (χ1n) is 7.46. The highest BCUT2D eigenvalue weighted by Crippen LogP contribution is 2.27. The van der Waals surface area contributed by atoms with Gasteiger partial charge >= 0.3 is 0 Å². The maximum Gasteiger partial charge on any atom is 0.0351 e. The topological polar surface area (TPSA) is 12.0 Å². The molecule has 0 bridgehead atoms. The molecule has 20 heavy (non-hydrogen) atoms. The zero-order valence-corrected chi connectivity index (χ0v) is 12.9. The van der Waals surface area contributed by atoms with E-state index in [1.165, 1.54) is 16.7 Å². The molecule has 0 radical (unpaired) electrons. The Morgan fingerprint density at radius 3 is 2.00 bits per heavy atom. The molecule has 0 unspecified atom stereocenters. The molecular weight excluding hydrogens is 242 g/mol. The molecule has 2 atom stereocenters. The minimum Gasteiger partial charge on any atom is -0.303 e. The van der Waals surface area contributed by atoms with E-state index in [-0.39, 0.29) is 0 Å². The lowest BCUT2D eigenvalue weighted by molar-refractivity contribution is 0.373. The van der Waals surface area contributed by atoms with E-state index >= 15 is 0 Å². The molecule has 0 amide bonds. The van der Waals surface area contributed by atoms with Gasteiger partial charge in [-0.05, 0) is 36.5 Å². The van der Waals surface area contributed by atoms with Crippen molar-refractivity contribution in [3.63, 3.8) is 0 Å². The number of aryl methyl sites for hydroxylation is 1. The van der Waals surface area contributed by atoms with Crippen LogP contribution in [-0.4, -0.2) is 0 Å². The average molecular weight is 267 g/mol. The molecule has 0 saturated heterocycles. The maximum absolute atomic E-state index is 3.79. The first kappa shape index (κ1) is 14.8. The van der Waals surface area contributed by atoms with Gasteiger partial charge in [-0.2, -0.15) is 0 Å². The van der Waals surface area contributed by atoms with E-state index in [0.717, 1.165) is 0 Å². The summed E-state index contributed by atoms with van der Waals surface area (Å²) in [5.41, 5.74) is 4.11. The quantitative estimate of drug-likeness (QED) is 0.800. The second-order valence-electron chi connectivity index (χ2n) is 5.88. The van der Waals surface area contributed by atoms with Crippen molar-refractivity contribution >= 4 is 0 Å². The van der Waals surface area contributed by atoms with Crippen LogP contribution in [0.1, 0.15) is 49.5 Å². The number of nitrogens with one attached hydrogen (secondary N) is 1. The molecular formula is C19H25N. The highest BCUT2D eigenvalue weighted by atomic mass is 15.0. The molecule has 1 N–H and O–H groups in total. The first-order valence-corrected chi connectivity index (χ1v) is 7.46. The summed E-state index contributed by atoms with van der Waals surface area (Å²) in [4.78, 5) is 0. The highest BCUT2D eigenvalue weighted by Gasteiger charge is 2.19. The third kappa shape index (κ3) is 3.49. The Labute approximate surface area is 123 Å². The Balaban J connectivity index is 2.21. The molecule has 0 aliphatic rings. The fourth-order valence-corrected chi connectivity index (χ4v) is 2.68. The molecule has 1 nitrogen and oxygen atoms in total. The molecule has 0 aliphatic carbocycles. The minimum atomic E-state index is 0.350. The Morgan fingerprint density at radius 1 is 0.800 bits per heavy atom. The molecule has 106 valence electrons. The lowest BCUT2D eigenvalue weighted by Gasteiger charge is -2.28. The van der Waals surface area contributed by atoms with Crippen LogP contribution in [0.2, 0.25) is 0 Å². The van der Waals surface area contributed by atoms with Gasteiger partial charge in [0.2, 0.25) is 0 Å². The second kappa shape index (κ2) is 6.71. The standard InChI is InChI=1S/C19H25N/c1-14(2)19(18-13-9-8-10-15(18)3)20-16(4)17-11-6-5-7-12-17/h5-14,16,19-20H,1-4H3/t16-,19+/m0/s1. The zero-order chi connectivity index (χ0) is 14.5. The Morgan fingerprint density at radius 2 is 1.40 bits per heavy atom. The largest absolute Gasteiger partial charge is 0.303 e. The van der Waals surface area contributed by atoms with Gasteiger partial charge in [-0.3, -0.25) is 0 Å². The summed E-state index contributed by atoms with van der Waals surface area (Å²) in [7, 11) is 0. The molecule has 2 aromatic rings. The number of rotatable bonds is 5. The van der Waals surface area contributed by atoms with E-state index in [1.54, 1.807) is 0 Å². The van der Waals surface area contributed by atoms with Crippen molar-refractivity contribution in [3.05, 3.63) is 71.3 Å². The summed E-state index contributed by atoms with van der Waals surface area (Å²) in [6.07, 6.45) is 0. The van der Waals surface area contributed by atoms with E-state index < -0.39 is 0 Å². The Bertz CT molecular complexity index is 530. The summed E-state index contributed by atoms with van der Waals surface area (Å²) < 4.78 is 0. The first-order chi connectivity index (χ1) is 9.59. The van der Waals surface area contributed by atoms with Gasteiger partial charge in [0.05, 0.1) is 0 Å². The SMILES string of the molecule is Cc1ccccc1[C@H](N[C@@H](C)c1ccccc1)C(C)C. The fourth-order valence-electron chi connectivity index (χ4n) is 2.68. The van der Waals surface area contributed by atoms with E-state index in [0.29, 0.717) is 18.0 Å². The van der Waals surface area contributed by atoms with Crippen molar-refractivity contribution in [2.75, 3.05) is 0 Å². The van der Waals surface area contributed by atoms with Crippen LogP contribution in [0.15, 0.2) is 54.6 Å². The Kier molecular flexibility index (Phi) is 4.97. The predicted molar refractivity (Wildman–Crippen MR) is 86.8 cm³/mol. The van der Waals surface area contributed by atoms with Crippen LogP contribution < -0.4 is 5.32 Å². The van der Waals surface area contributed by atoms with Crippen LogP contribution in [0.5, 0.6) is 0 Å². The van der Waals surface area contributed by atoms with Crippen molar-refractivity contribution in [2.45, 2.75) is 39.8 Å². The summed E-state index contributed by atoms with van der Waals surface area (Å²) in [6.45, 7) is 8.99. The van der Waals surface area contributed by atoms with Gasteiger partial charge in [-0.15, -0.1) is 0 Å². The van der Waals surface area contributed by atoms with Crippen molar-refractivity contribution < 1.29 is 0 Å². The predicted octanol–water partition coefficient (Wildman–Crippen LogP) is 5.04. The minimum absolute atomic E-state index is 0.350. The van der Waals surface area contributed by atoms with Crippen molar-refractivity contribution in [2.24, 2.45) is 5.92 Å². The van der Waals surface area contributed by atoms with Gasteiger partial charge in [0, 0.05) is 12.1 Å². The van der Waals surface area contributed by atoms with Crippen molar-refractivity contribution in [1.82, 2.24) is 5.32 Å². The average Bonchev–Trinajstić information content (AvgIpc) is 2.46. The highest BCUT2D eigenvalue weighted by molar-refractivity contribution is 5.30. The summed E-state index contributed by atoms with van der Waals surface area (Å²) in [6, 6.07) is 20.1. The number of benzene rings is 2. The molecule has 0 aromatic heterocycles. The lowest BCUT2D eigenvalue weighted by atomic mass is 9.91. The number of hydrogen-bond acceptors (Lipinski definition) is 1. The second-order valence-corrected chi connectivity index (χ2v) is 5.88. The zero-order valence-electron chi connectivity index (χ0n) is 12.9. The summed E-state index contributed by atoms with van der Waals surface area (Å²) in [5.74, 6) is 0.558. The monoisotopic (exact) mass is 267 g/mol. The van der Waals surface area contributed by atoms with Crippen LogP contribution >= 0.6 is 0 Å². The van der Waals surface area contributed by atoms with Crippen LogP contribution in [0.3, 0.4) is 0 Å². The van der Waals surface area contributed by atoms with E-state index in [4.69, 9.17) is 0 Å². The van der Waals surface area contributed by atoms with E-state index in [9.17, 15) is 0 Å². The maximum atomic E-state index is 3.79. The fraction of sp³-hybridized carbons (Fsp3) is 0.368. The van der Waals surface area contributed by atoms with Gasteiger partial charge in [0.25, 0.3) is 0 Å². The van der Waals surface area contributed by atoms with Crippen LogP contribution in [0.25, 0.3) is 0 Å². The smallest absolute Gasteiger partial charge is 0.0351 e. The Hall–Kier alpha value is -1.60. The van der Waals surface area contributed by atoms with Crippen molar-refractivity contribution in [1.29, 1.82) is 0 Å². The molecule has 0 heterocycles. The van der Waals surface area contributed by atoms with Gasteiger partial charge in [-0.25, -0.2) is 0 Å². The molecule has 2 aromatic carbocycles. The third-order valence-corrected chi connectivity index (χ3v) is 3.92. The van der Waals surface area contributed by atoms with Gasteiger partial charge in [0.15, 0.2) is 0 Å². The molecule has 0 spiro atoms. The molecule has 0 fully saturated rings. The summed E-state index contributed by atoms with van der Waals surface area (Å²) in [5, 5.41) is 3.79. The molecule has 1 heteroatoms.